The van der Waals surface area contributed by atoms with Crippen LogP contribution >= 0.6 is 22.6 Å². The summed E-state index contributed by atoms with van der Waals surface area (Å²) >= 11 is 2.28. The van der Waals surface area contributed by atoms with Gasteiger partial charge in [-0.2, -0.15) is 5.10 Å². The van der Waals surface area contributed by atoms with Crippen molar-refractivity contribution in [2.45, 2.75) is 26.4 Å². The number of fused-ring (bicyclic) bond motifs is 1. The number of nitrogens with two attached hydrogens (primary N) is 1. The van der Waals surface area contributed by atoms with Crippen molar-refractivity contribution < 1.29 is 0 Å². The highest BCUT2D eigenvalue weighted by atomic mass is 127. The third-order valence-corrected chi connectivity index (χ3v) is 3.38. The van der Waals surface area contributed by atoms with Crippen molar-refractivity contribution in [2.24, 2.45) is 0 Å². The number of H-pyrrole nitrogens is 1. The van der Waals surface area contributed by atoms with Crippen LogP contribution in [-0.2, 0) is 6.54 Å². The third kappa shape index (κ3) is 2.15. The van der Waals surface area contributed by atoms with Crippen molar-refractivity contribution in [2.75, 3.05) is 5.73 Å². The van der Waals surface area contributed by atoms with Crippen molar-refractivity contribution in [1.29, 1.82) is 0 Å². The molecule has 0 fully saturated rings. The molecule has 0 saturated carbocycles. The zero-order chi connectivity index (χ0) is 11.7. The Labute approximate surface area is 108 Å². The molecule has 0 radical (unpaired) electrons. The summed E-state index contributed by atoms with van der Waals surface area (Å²) in [4.78, 5) is 0. The lowest BCUT2D eigenvalue weighted by atomic mass is 10.1. The molecule has 2 aromatic rings. The van der Waals surface area contributed by atoms with E-state index in [0.717, 1.165) is 21.0 Å². The first kappa shape index (κ1) is 11.7. The summed E-state index contributed by atoms with van der Waals surface area (Å²) in [5.41, 5.74) is 8.08. The fourth-order valence-corrected chi connectivity index (χ4v) is 2.36. The Morgan fingerprint density at radius 2 is 2.25 bits per heavy atom. The van der Waals surface area contributed by atoms with Crippen LogP contribution in [0.5, 0.6) is 0 Å². The van der Waals surface area contributed by atoms with Gasteiger partial charge in [-0.05, 0) is 34.2 Å². The minimum Gasteiger partial charge on any atom is -0.382 e. The standard InChI is InChI=1S/C11H15IN4/c1-6(2)14-5-7-3-4-8(12)9-10(7)15-16-11(9)13/h3-4,6,14H,5H2,1-2H3,(H3,13,15,16). The SMILES string of the molecule is CC(C)NCc1ccc(I)c2c(N)n[nH]c12. The van der Waals surface area contributed by atoms with Crippen molar-refractivity contribution in [1.82, 2.24) is 15.5 Å². The fourth-order valence-electron chi connectivity index (χ4n) is 1.63. The van der Waals surface area contributed by atoms with Crippen molar-refractivity contribution in [3.05, 3.63) is 21.3 Å². The quantitative estimate of drug-likeness (QED) is 0.756. The normalized spacial score (nSPS) is 11.5. The van der Waals surface area contributed by atoms with Gasteiger partial charge in [-0.3, -0.25) is 5.10 Å². The van der Waals surface area contributed by atoms with Gasteiger partial charge in [-0.1, -0.05) is 19.9 Å². The summed E-state index contributed by atoms with van der Waals surface area (Å²) in [6.07, 6.45) is 0. The van der Waals surface area contributed by atoms with Gasteiger partial charge in [0, 0.05) is 16.2 Å². The number of hydrogen-bond acceptors (Lipinski definition) is 3. The second-order valence-corrected chi connectivity index (χ2v) is 5.26. The first-order chi connectivity index (χ1) is 7.59. The van der Waals surface area contributed by atoms with Gasteiger partial charge in [0.05, 0.1) is 10.9 Å². The van der Waals surface area contributed by atoms with Crippen LogP contribution in [0.4, 0.5) is 5.82 Å². The zero-order valence-electron chi connectivity index (χ0n) is 9.34. The van der Waals surface area contributed by atoms with Gasteiger partial charge in [0.15, 0.2) is 5.82 Å². The minimum atomic E-state index is 0.467. The van der Waals surface area contributed by atoms with E-state index in [0.29, 0.717) is 11.9 Å². The number of benzene rings is 1. The van der Waals surface area contributed by atoms with E-state index >= 15 is 0 Å². The smallest absolute Gasteiger partial charge is 0.154 e. The Kier molecular flexibility index (Phi) is 3.34. The van der Waals surface area contributed by atoms with Gasteiger partial charge in [-0.15, -0.1) is 0 Å². The first-order valence-electron chi connectivity index (χ1n) is 5.24. The molecule has 1 aromatic heterocycles. The summed E-state index contributed by atoms with van der Waals surface area (Å²) in [5, 5.41) is 11.5. The van der Waals surface area contributed by atoms with Crippen molar-refractivity contribution >= 4 is 39.3 Å². The largest absolute Gasteiger partial charge is 0.382 e. The summed E-state index contributed by atoms with van der Waals surface area (Å²) in [6, 6.07) is 4.65. The van der Waals surface area contributed by atoms with Crippen LogP contribution in [0.15, 0.2) is 12.1 Å². The molecule has 1 aromatic carbocycles. The third-order valence-electron chi connectivity index (χ3n) is 2.49. The Balaban J connectivity index is 2.43. The highest BCUT2D eigenvalue weighted by Crippen LogP contribution is 2.26. The van der Waals surface area contributed by atoms with E-state index in [1.54, 1.807) is 0 Å². The second-order valence-electron chi connectivity index (χ2n) is 4.10. The van der Waals surface area contributed by atoms with Crippen LogP contribution in [-0.4, -0.2) is 16.2 Å². The highest BCUT2D eigenvalue weighted by Gasteiger charge is 2.10. The fraction of sp³-hybridized carbons (Fsp3) is 0.364. The molecule has 4 nitrogen and oxygen atoms in total. The lowest BCUT2D eigenvalue weighted by Crippen LogP contribution is -2.21. The number of nitrogen functional groups attached to an aromatic ring is 1. The number of nitrogens with one attached hydrogen (secondary N) is 2. The van der Waals surface area contributed by atoms with Crippen LogP contribution in [0.3, 0.4) is 0 Å². The molecule has 0 bridgehead atoms. The number of rotatable bonds is 3. The Hall–Kier alpha value is -0.820. The van der Waals surface area contributed by atoms with E-state index in [1.165, 1.54) is 5.56 Å². The molecule has 0 aliphatic carbocycles. The highest BCUT2D eigenvalue weighted by molar-refractivity contribution is 14.1. The molecule has 0 saturated heterocycles. The molecule has 1 heterocycles. The lowest BCUT2D eigenvalue weighted by molar-refractivity contribution is 0.590. The van der Waals surface area contributed by atoms with Crippen molar-refractivity contribution in [3.63, 3.8) is 0 Å². The van der Waals surface area contributed by atoms with E-state index in [9.17, 15) is 0 Å². The van der Waals surface area contributed by atoms with Gasteiger partial charge >= 0.3 is 0 Å². The van der Waals surface area contributed by atoms with E-state index in [2.05, 4.69) is 64.1 Å². The summed E-state index contributed by atoms with van der Waals surface area (Å²) < 4.78 is 1.13. The van der Waals surface area contributed by atoms with E-state index in [-0.39, 0.29) is 0 Å². The predicted octanol–water partition coefficient (Wildman–Crippen LogP) is 2.25. The molecule has 0 spiro atoms. The molecular weight excluding hydrogens is 315 g/mol. The Morgan fingerprint density at radius 1 is 1.50 bits per heavy atom. The maximum Gasteiger partial charge on any atom is 0.154 e. The lowest BCUT2D eigenvalue weighted by Gasteiger charge is -2.09. The minimum absolute atomic E-state index is 0.467. The molecule has 0 aliphatic rings. The average molecular weight is 330 g/mol. The predicted molar refractivity (Wildman–Crippen MR) is 75.2 cm³/mol. The number of anilines is 1. The number of aromatic amines is 1. The number of halogens is 1. The number of nitrogens with zero attached hydrogens (tertiary/aromatic N) is 1. The van der Waals surface area contributed by atoms with Crippen LogP contribution in [0.25, 0.3) is 10.9 Å². The molecule has 0 aliphatic heterocycles. The summed E-state index contributed by atoms with van der Waals surface area (Å²) in [5.74, 6) is 0.575. The molecule has 4 N–H and O–H groups in total. The van der Waals surface area contributed by atoms with Gasteiger partial charge in [0.2, 0.25) is 0 Å². The van der Waals surface area contributed by atoms with Gasteiger partial charge in [-0.25, -0.2) is 0 Å². The van der Waals surface area contributed by atoms with Gasteiger partial charge in [0.25, 0.3) is 0 Å². The molecule has 86 valence electrons. The summed E-state index contributed by atoms with van der Waals surface area (Å²) in [7, 11) is 0. The zero-order valence-corrected chi connectivity index (χ0v) is 11.5. The van der Waals surface area contributed by atoms with Gasteiger partial charge < -0.3 is 11.1 Å². The van der Waals surface area contributed by atoms with E-state index in [4.69, 9.17) is 5.73 Å². The van der Waals surface area contributed by atoms with E-state index in [1.807, 2.05) is 0 Å². The molecule has 16 heavy (non-hydrogen) atoms. The second kappa shape index (κ2) is 4.58. The first-order valence-corrected chi connectivity index (χ1v) is 6.31. The van der Waals surface area contributed by atoms with Gasteiger partial charge in [0.1, 0.15) is 0 Å². The van der Waals surface area contributed by atoms with Crippen LogP contribution < -0.4 is 11.1 Å². The van der Waals surface area contributed by atoms with E-state index < -0.39 is 0 Å². The molecule has 0 amide bonds. The molecule has 2 rings (SSSR count). The average Bonchev–Trinajstić information content (AvgIpc) is 2.61. The van der Waals surface area contributed by atoms with Crippen LogP contribution in [0.1, 0.15) is 19.4 Å². The molecular formula is C11H15IN4. The maximum atomic E-state index is 5.83. The molecule has 0 atom stereocenters. The maximum absolute atomic E-state index is 5.83. The topological polar surface area (TPSA) is 66.7 Å². The summed E-state index contributed by atoms with van der Waals surface area (Å²) in [6.45, 7) is 5.09. The van der Waals surface area contributed by atoms with Crippen molar-refractivity contribution in [3.8, 4) is 0 Å². The monoisotopic (exact) mass is 330 g/mol. The molecule has 0 unspecified atom stereocenters. The number of hydrogen-bond donors (Lipinski definition) is 3. The number of aromatic nitrogens is 2. The Bertz CT molecular complexity index is 504. The molecule has 5 heteroatoms. The van der Waals surface area contributed by atoms with Crippen LogP contribution in [0.2, 0.25) is 0 Å². The van der Waals surface area contributed by atoms with Crippen LogP contribution in [0, 0.1) is 3.57 Å². The Morgan fingerprint density at radius 3 is 2.94 bits per heavy atom.